The molecule has 0 unspecified atom stereocenters. The van der Waals surface area contributed by atoms with E-state index >= 15 is 0 Å². The van der Waals surface area contributed by atoms with Gasteiger partial charge in [-0.05, 0) is 23.8 Å². The Morgan fingerprint density at radius 3 is 2.59 bits per heavy atom. The van der Waals surface area contributed by atoms with E-state index in [9.17, 15) is 0 Å². The molecule has 0 bridgehead atoms. The fraction of sp³-hybridized carbons (Fsp3) is 0.250. The number of methoxy groups -OCH3 is 1. The van der Waals surface area contributed by atoms with Gasteiger partial charge in [-0.25, -0.2) is 4.98 Å². The zero-order valence-corrected chi connectivity index (χ0v) is 13.4. The summed E-state index contributed by atoms with van der Waals surface area (Å²) >= 11 is 5.87. The van der Waals surface area contributed by atoms with Crippen molar-refractivity contribution in [2.24, 2.45) is 4.99 Å². The molecule has 0 aliphatic carbocycles. The third-order valence-electron chi connectivity index (χ3n) is 3.09. The number of guanidine groups is 1. The van der Waals surface area contributed by atoms with Crippen molar-refractivity contribution >= 4 is 17.6 Å². The molecule has 5 nitrogen and oxygen atoms in total. The van der Waals surface area contributed by atoms with Crippen molar-refractivity contribution < 1.29 is 4.74 Å². The fourth-order valence-corrected chi connectivity index (χ4v) is 2.06. The molecule has 2 aromatic rings. The van der Waals surface area contributed by atoms with Gasteiger partial charge in [-0.2, -0.15) is 0 Å². The van der Waals surface area contributed by atoms with E-state index in [-0.39, 0.29) is 0 Å². The Labute approximate surface area is 135 Å². The molecule has 0 saturated heterocycles. The Kier molecular flexibility index (Phi) is 6.03. The lowest BCUT2D eigenvalue weighted by Gasteiger charge is -2.13. The Hall–Kier alpha value is -2.27. The summed E-state index contributed by atoms with van der Waals surface area (Å²) < 4.78 is 5.23. The van der Waals surface area contributed by atoms with Crippen LogP contribution in [0.5, 0.6) is 5.88 Å². The van der Waals surface area contributed by atoms with Gasteiger partial charge < -0.3 is 15.4 Å². The molecule has 116 valence electrons. The molecular formula is C16H19ClN4O. The zero-order chi connectivity index (χ0) is 15.8. The monoisotopic (exact) mass is 318 g/mol. The van der Waals surface area contributed by atoms with Crippen LogP contribution in [0.3, 0.4) is 0 Å². The topological polar surface area (TPSA) is 58.5 Å². The van der Waals surface area contributed by atoms with Gasteiger partial charge in [0.05, 0.1) is 7.11 Å². The first-order valence-corrected chi connectivity index (χ1v) is 7.27. The minimum atomic E-state index is 0.581. The molecule has 0 aliphatic heterocycles. The number of rotatable bonds is 5. The average molecular weight is 319 g/mol. The maximum atomic E-state index is 5.87. The van der Waals surface area contributed by atoms with Crippen molar-refractivity contribution in [3.63, 3.8) is 0 Å². The van der Waals surface area contributed by atoms with Crippen molar-refractivity contribution in [2.45, 2.75) is 13.1 Å². The number of ether oxygens (including phenoxy) is 1. The molecular weight excluding hydrogens is 300 g/mol. The minimum absolute atomic E-state index is 0.581. The van der Waals surface area contributed by atoms with Crippen LogP contribution in [0, 0.1) is 0 Å². The minimum Gasteiger partial charge on any atom is -0.481 e. The van der Waals surface area contributed by atoms with Crippen molar-refractivity contribution in [2.75, 3.05) is 14.2 Å². The summed E-state index contributed by atoms with van der Waals surface area (Å²) in [5, 5.41) is 7.21. The maximum Gasteiger partial charge on any atom is 0.218 e. The second-order valence-corrected chi connectivity index (χ2v) is 5.01. The second kappa shape index (κ2) is 8.24. The maximum absolute atomic E-state index is 5.87. The number of pyridine rings is 1. The highest BCUT2D eigenvalue weighted by atomic mass is 35.5. The first kappa shape index (κ1) is 16.1. The Bertz CT molecular complexity index is 628. The smallest absolute Gasteiger partial charge is 0.218 e. The number of nitrogens with one attached hydrogen (secondary N) is 2. The predicted molar refractivity (Wildman–Crippen MR) is 89.3 cm³/mol. The number of halogens is 1. The van der Waals surface area contributed by atoms with Crippen LogP contribution >= 0.6 is 11.6 Å². The molecule has 0 saturated carbocycles. The Morgan fingerprint density at radius 1 is 1.18 bits per heavy atom. The lowest BCUT2D eigenvalue weighted by molar-refractivity contribution is 0.392. The van der Waals surface area contributed by atoms with Crippen LogP contribution in [-0.4, -0.2) is 25.1 Å². The average Bonchev–Trinajstić information content (AvgIpc) is 2.57. The third kappa shape index (κ3) is 4.63. The summed E-state index contributed by atoms with van der Waals surface area (Å²) in [5.74, 6) is 1.32. The Balaban J connectivity index is 1.88. The first-order valence-electron chi connectivity index (χ1n) is 6.89. The van der Waals surface area contributed by atoms with E-state index < -0.39 is 0 Å². The molecule has 22 heavy (non-hydrogen) atoms. The van der Waals surface area contributed by atoms with E-state index in [2.05, 4.69) is 20.6 Å². The highest BCUT2D eigenvalue weighted by Crippen LogP contribution is 2.12. The molecule has 0 radical (unpaired) electrons. The van der Waals surface area contributed by atoms with E-state index in [4.69, 9.17) is 16.3 Å². The summed E-state index contributed by atoms with van der Waals surface area (Å²) in [7, 11) is 3.34. The summed E-state index contributed by atoms with van der Waals surface area (Å²) in [6.45, 7) is 1.25. The highest BCUT2D eigenvalue weighted by molar-refractivity contribution is 6.30. The third-order valence-corrected chi connectivity index (χ3v) is 3.34. The van der Waals surface area contributed by atoms with Gasteiger partial charge in [-0.15, -0.1) is 0 Å². The van der Waals surface area contributed by atoms with Crippen molar-refractivity contribution in [3.8, 4) is 5.88 Å². The molecule has 1 aromatic carbocycles. The molecule has 1 heterocycles. The Morgan fingerprint density at radius 2 is 1.91 bits per heavy atom. The molecule has 0 fully saturated rings. The van der Waals surface area contributed by atoms with Crippen LogP contribution in [0.1, 0.15) is 11.1 Å². The first-order chi connectivity index (χ1) is 10.7. The summed E-state index contributed by atoms with van der Waals surface area (Å²) in [5.41, 5.74) is 2.10. The molecule has 0 atom stereocenters. The van der Waals surface area contributed by atoms with Gasteiger partial charge in [0.2, 0.25) is 5.88 Å². The number of aromatic nitrogens is 1. The van der Waals surface area contributed by atoms with Gasteiger partial charge in [-0.1, -0.05) is 29.8 Å². The van der Waals surface area contributed by atoms with E-state index in [1.54, 1.807) is 20.4 Å². The van der Waals surface area contributed by atoms with E-state index in [0.717, 1.165) is 16.1 Å². The number of hydrogen-bond donors (Lipinski definition) is 2. The van der Waals surface area contributed by atoms with Gasteiger partial charge in [-0.3, -0.25) is 4.99 Å². The number of nitrogens with zero attached hydrogens (tertiary/aromatic N) is 2. The number of hydrogen-bond acceptors (Lipinski definition) is 3. The van der Waals surface area contributed by atoms with Crippen molar-refractivity contribution in [1.29, 1.82) is 0 Å². The lowest BCUT2D eigenvalue weighted by Crippen LogP contribution is -2.36. The molecule has 6 heteroatoms. The van der Waals surface area contributed by atoms with Gasteiger partial charge in [0, 0.05) is 36.9 Å². The number of benzene rings is 1. The van der Waals surface area contributed by atoms with Crippen LogP contribution in [0.4, 0.5) is 0 Å². The predicted octanol–water partition coefficient (Wildman–Crippen LogP) is 2.61. The van der Waals surface area contributed by atoms with Crippen molar-refractivity contribution in [3.05, 3.63) is 58.7 Å². The molecule has 2 rings (SSSR count). The molecule has 0 amide bonds. The van der Waals surface area contributed by atoms with E-state index in [0.29, 0.717) is 24.9 Å². The van der Waals surface area contributed by atoms with Crippen LogP contribution < -0.4 is 15.4 Å². The molecule has 1 aromatic heterocycles. The van der Waals surface area contributed by atoms with Crippen molar-refractivity contribution in [1.82, 2.24) is 15.6 Å². The standard InChI is InChI=1S/C16H19ClN4O/c1-18-16(20-10-12-5-7-14(17)8-6-12)21-11-13-4-3-9-19-15(13)22-2/h3-9H,10-11H2,1-2H3,(H2,18,20,21). The zero-order valence-electron chi connectivity index (χ0n) is 12.6. The highest BCUT2D eigenvalue weighted by Gasteiger charge is 2.04. The summed E-state index contributed by atoms with van der Waals surface area (Å²) in [6, 6.07) is 11.5. The van der Waals surface area contributed by atoms with Crippen LogP contribution in [0.2, 0.25) is 5.02 Å². The number of aliphatic imine (C=N–C) groups is 1. The SMILES string of the molecule is CN=C(NCc1ccc(Cl)cc1)NCc1cccnc1OC. The van der Waals surface area contributed by atoms with Gasteiger partial charge >= 0.3 is 0 Å². The second-order valence-electron chi connectivity index (χ2n) is 4.58. The van der Waals surface area contributed by atoms with Gasteiger partial charge in [0.25, 0.3) is 0 Å². The lowest BCUT2D eigenvalue weighted by atomic mass is 10.2. The van der Waals surface area contributed by atoms with Gasteiger partial charge in [0.1, 0.15) is 0 Å². The molecule has 0 aliphatic rings. The summed E-state index contributed by atoms with van der Waals surface area (Å²) in [4.78, 5) is 8.37. The van der Waals surface area contributed by atoms with Crippen LogP contribution in [0.25, 0.3) is 0 Å². The fourth-order valence-electron chi connectivity index (χ4n) is 1.93. The van der Waals surface area contributed by atoms with E-state index in [1.807, 2.05) is 36.4 Å². The summed E-state index contributed by atoms with van der Waals surface area (Å²) in [6.07, 6.45) is 1.70. The van der Waals surface area contributed by atoms with Crippen LogP contribution in [-0.2, 0) is 13.1 Å². The largest absolute Gasteiger partial charge is 0.481 e. The van der Waals surface area contributed by atoms with Crippen LogP contribution in [0.15, 0.2) is 47.6 Å². The van der Waals surface area contributed by atoms with E-state index in [1.165, 1.54) is 0 Å². The quantitative estimate of drug-likeness (QED) is 0.657. The molecule has 2 N–H and O–H groups in total. The van der Waals surface area contributed by atoms with Gasteiger partial charge in [0.15, 0.2) is 5.96 Å². The molecule has 0 spiro atoms. The normalized spacial score (nSPS) is 11.1.